The van der Waals surface area contributed by atoms with E-state index in [4.69, 9.17) is 5.73 Å². The number of nitrogens with zero attached hydrogens (tertiary/aromatic N) is 2. The predicted molar refractivity (Wildman–Crippen MR) is 81.3 cm³/mol. The Balaban J connectivity index is 2.61. The molecule has 0 aliphatic rings. The van der Waals surface area contributed by atoms with Crippen LogP contribution in [0, 0.1) is 20.8 Å². The number of aromatic nitrogens is 2. The van der Waals surface area contributed by atoms with E-state index in [0.29, 0.717) is 0 Å². The molecule has 0 bridgehead atoms. The lowest BCUT2D eigenvalue weighted by atomic mass is 10.0. The van der Waals surface area contributed by atoms with Gasteiger partial charge in [-0.1, -0.05) is 12.1 Å². The minimum absolute atomic E-state index is 0.0564. The largest absolute Gasteiger partial charge is 0.383 e. The van der Waals surface area contributed by atoms with E-state index < -0.39 is 0 Å². The topological polar surface area (TPSA) is 43.8 Å². The van der Waals surface area contributed by atoms with Crippen LogP contribution in [-0.4, -0.2) is 9.55 Å². The van der Waals surface area contributed by atoms with Gasteiger partial charge >= 0.3 is 0 Å². The summed E-state index contributed by atoms with van der Waals surface area (Å²) in [6.45, 7) is 12.7. The molecule has 0 amide bonds. The number of hydrogen-bond acceptors (Lipinski definition) is 2. The molecule has 0 fully saturated rings. The van der Waals surface area contributed by atoms with Gasteiger partial charge in [-0.25, -0.2) is 4.98 Å². The van der Waals surface area contributed by atoms with E-state index >= 15 is 0 Å². The first-order chi connectivity index (χ1) is 8.71. The summed E-state index contributed by atoms with van der Waals surface area (Å²) in [7, 11) is 0. The van der Waals surface area contributed by atoms with E-state index in [-0.39, 0.29) is 5.54 Å². The number of imidazole rings is 1. The third-order valence-corrected chi connectivity index (χ3v) is 3.53. The molecule has 0 atom stereocenters. The van der Waals surface area contributed by atoms with Crippen LogP contribution >= 0.6 is 0 Å². The fraction of sp³-hybridized carbons (Fsp3) is 0.438. The third-order valence-electron chi connectivity index (χ3n) is 3.53. The molecule has 0 radical (unpaired) electrons. The van der Waals surface area contributed by atoms with E-state index in [9.17, 15) is 0 Å². The van der Waals surface area contributed by atoms with Gasteiger partial charge < -0.3 is 10.3 Å². The first-order valence-corrected chi connectivity index (χ1v) is 6.64. The van der Waals surface area contributed by atoms with Crippen LogP contribution in [0.3, 0.4) is 0 Å². The van der Waals surface area contributed by atoms with Gasteiger partial charge in [0.05, 0.1) is 0 Å². The molecule has 2 rings (SSSR count). The summed E-state index contributed by atoms with van der Waals surface area (Å²) in [6.07, 6.45) is 0. The quantitative estimate of drug-likeness (QED) is 0.844. The van der Waals surface area contributed by atoms with Crippen LogP contribution in [-0.2, 0) is 5.54 Å². The molecular weight excluding hydrogens is 234 g/mol. The molecule has 2 aromatic rings. The summed E-state index contributed by atoms with van der Waals surface area (Å²) in [6, 6.07) is 6.36. The number of nitrogen functional groups attached to an aromatic ring is 1. The normalized spacial score (nSPS) is 11.9. The highest BCUT2D eigenvalue weighted by atomic mass is 15.2. The Kier molecular flexibility index (Phi) is 3.17. The smallest absolute Gasteiger partial charge is 0.132 e. The molecule has 3 nitrogen and oxygen atoms in total. The second-order valence-corrected chi connectivity index (χ2v) is 6.20. The van der Waals surface area contributed by atoms with Gasteiger partial charge in [-0.2, -0.15) is 0 Å². The van der Waals surface area contributed by atoms with Crippen LogP contribution in [0.25, 0.3) is 11.3 Å². The monoisotopic (exact) mass is 257 g/mol. The highest BCUT2D eigenvalue weighted by molar-refractivity contribution is 5.72. The Hall–Kier alpha value is -1.77. The van der Waals surface area contributed by atoms with Gasteiger partial charge in [-0.3, -0.25) is 0 Å². The standard InChI is InChI=1S/C16H23N3/c1-10-7-8-13(9-11(10)2)14-15(17)19(12(3)18-14)16(4,5)6/h7-9H,17H2,1-6H3. The van der Waals surface area contributed by atoms with Gasteiger partial charge in [-0.15, -0.1) is 0 Å². The Morgan fingerprint density at radius 2 is 1.68 bits per heavy atom. The van der Waals surface area contributed by atoms with Gasteiger partial charge in [-0.05, 0) is 58.7 Å². The Labute approximate surface area is 115 Å². The van der Waals surface area contributed by atoms with E-state index in [1.165, 1.54) is 11.1 Å². The molecule has 1 heterocycles. The average molecular weight is 257 g/mol. The van der Waals surface area contributed by atoms with E-state index in [1.807, 2.05) is 6.92 Å². The van der Waals surface area contributed by atoms with Crippen LogP contribution in [0.2, 0.25) is 0 Å². The maximum Gasteiger partial charge on any atom is 0.132 e. The first-order valence-electron chi connectivity index (χ1n) is 6.64. The van der Waals surface area contributed by atoms with Crippen molar-refractivity contribution in [3.05, 3.63) is 35.2 Å². The zero-order valence-electron chi connectivity index (χ0n) is 12.7. The molecule has 102 valence electrons. The molecule has 0 spiro atoms. The molecule has 0 aliphatic heterocycles. The molecule has 19 heavy (non-hydrogen) atoms. The molecule has 1 aromatic carbocycles. The fourth-order valence-corrected chi connectivity index (χ4v) is 2.50. The van der Waals surface area contributed by atoms with Gasteiger partial charge in [0.15, 0.2) is 0 Å². The third kappa shape index (κ3) is 2.37. The minimum atomic E-state index is -0.0564. The average Bonchev–Trinajstić information content (AvgIpc) is 2.57. The number of rotatable bonds is 1. The van der Waals surface area contributed by atoms with Crippen LogP contribution < -0.4 is 5.73 Å². The lowest BCUT2D eigenvalue weighted by molar-refractivity contribution is 0.393. The second-order valence-electron chi connectivity index (χ2n) is 6.20. The summed E-state index contributed by atoms with van der Waals surface area (Å²) >= 11 is 0. The van der Waals surface area contributed by atoms with E-state index in [2.05, 4.69) is 62.4 Å². The molecule has 0 saturated heterocycles. The Bertz CT molecular complexity index is 616. The van der Waals surface area contributed by atoms with Crippen molar-refractivity contribution >= 4 is 5.82 Å². The number of nitrogens with two attached hydrogens (primary N) is 1. The zero-order chi connectivity index (χ0) is 14.4. The first kappa shape index (κ1) is 13.7. The van der Waals surface area contributed by atoms with Crippen molar-refractivity contribution in [2.75, 3.05) is 5.73 Å². The lowest BCUT2D eigenvalue weighted by Gasteiger charge is -2.24. The lowest BCUT2D eigenvalue weighted by Crippen LogP contribution is -2.24. The summed E-state index contributed by atoms with van der Waals surface area (Å²) in [5, 5.41) is 0. The maximum absolute atomic E-state index is 6.31. The van der Waals surface area contributed by atoms with Crippen LogP contribution in [0.4, 0.5) is 5.82 Å². The molecule has 0 aliphatic carbocycles. The van der Waals surface area contributed by atoms with Gasteiger partial charge in [0, 0.05) is 11.1 Å². The number of anilines is 1. The van der Waals surface area contributed by atoms with Crippen molar-refractivity contribution in [1.82, 2.24) is 9.55 Å². The van der Waals surface area contributed by atoms with Crippen molar-refractivity contribution in [3.63, 3.8) is 0 Å². The fourth-order valence-electron chi connectivity index (χ4n) is 2.50. The molecule has 0 saturated carbocycles. The van der Waals surface area contributed by atoms with Crippen molar-refractivity contribution in [2.24, 2.45) is 0 Å². The van der Waals surface area contributed by atoms with Crippen molar-refractivity contribution in [3.8, 4) is 11.3 Å². The van der Waals surface area contributed by atoms with Crippen LogP contribution in [0.15, 0.2) is 18.2 Å². The van der Waals surface area contributed by atoms with Crippen LogP contribution in [0.5, 0.6) is 0 Å². The predicted octanol–water partition coefficient (Wildman–Crippen LogP) is 3.81. The van der Waals surface area contributed by atoms with E-state index in [0.717, 1.165) is 22.9 Å². The molecule has 3 heteroatoms. The van der Waals surface area contributed by atoms with Crippen molar-refractivity contribution < 1.29 is 0 Å². The van der Waals surface area contributed by atoms with Crippen molar-refractivity contribution in [1.29, 1.82) is 0 Å². The summed E-state index contributed by atoms with van der Waals surface area (Å²) in [5.41, 5.74) is 10.8. The number of hydrogen-bond donors (Lipinski definition) is 1. The summed E-state index contributed by atoms with van der Waals surface area (Å²) in [4.78, 5) is 4.66. The second kappa shape index (κ2) is 4.41. The Morgan fingerprint density at radius 1 is 1.05 bits per heavy atom. The van der Waals surface area contributed by atoms with Gasteiger partial charge in [0.1, 0.15) is 17.3 Å². The van der Waals surface area contributed by atoms with Crippen molar-refractivity contribution in [2.45, 2.75) is 47.1 Å². The highest BCUT2D eigenvalue weighted by Crippen LogP contribution is 2.31. The number of benzene rings is 1. The SMILES string of the molecule is Cc1ccc(-c2nc(C)n(C(C)(C)C)c2N)cc1C. The van der Waals surface area contributed by atoms with Gasteiger partial charge in [0.2, 0.25) is 0 Å². The molecule has 0 unspecified atom stereocenters. The maximum atomic E-state index is 6.31. The van der Waals surface area contributed by atoms with E-state index in [1.54, 1.807) is 0 Å². The molecule has 2 N–H and O–H groups in total. The highest BCUT2D eigenvalue weighted by Gasteiger charge is 2.22. The van der Waals surface area contributed by atoms with Gasteiger partial charge in [0.25, 0.3) is 0 Å². The Morgan fingerprint density at radius 3 is 2.16 bits per heavy atom. The summed E-state index contributed by atoms with van der Waals surface area (Å²) < 4.78 is 2.09. The molecule has 1 aromatic heterocycles. The zero-order valence-corrected chi connectivity index (χ0v) is 12.7. The summed E-state index contributed by atoms with van der Waals surface area (Å²) in [5.74, 6) is 1.70. The number of aryl methyl sites for hydroxylation is 3. The molecular formula is C16H23N3. The minimum Gasteiger partial charge on any atom is -0.383 e. The van der Waals surface area contributed by atoms with Crippen LogP contribution in [0.1, 0.15) is 37.7 Å².